The third kappa shape index (κ3) is 10.8. The summed E-state index contributed by atoms with van der Waals surface area (Å²) in [5.41, 5.74) is 0.00928. The average molecular weight is 408 g/mol. The van der Waals surface area contributed by atoms with E-state index in [0.29, 0.717) is 50.0 Å². The van der Waals surface area contributed by atoms with E-state index in [2.05, 4.69) is 26.3 Å². The third-order valence-corrected chi connectivity index (χ3v) is 3.43. The van der Waals surface area contributed by atoms with Crippen LogP contribution in [0.15, 0.2) is 29.3 Å². The first-order chi connectivity index (χ1) is 13.7. The first-order valence-electron chi connectivity index (χ1n) is 9.66. The van der Waals surface area contributed by atoms with E-state index in [-0.39, 0.29) is 5.91 Å². The number of ether oxygens (including phenoxy) is 2. The standard InChI is InChI=1S/C20H33N5O4/c1-6-21-18(24-12-13-25-19(27)29-20(2,3)4)23-11-10-22-17(26)15-8-7-9-16(14-15)28-5/h7-9,14H,6,10-13H2,1-5H3,(H,22,26)(H,25,27)(H2,21,23,24). The molecule has 29 heavy (non-hydrogen) atoms. The van der Waals surface area contributed by atoms with Crippen molar-refractivity contribution in [3.05, 3.63) is 29.8 Å². The van der Waals surface area contributed by atoms with Crippen molar-refractivity contribution < 1.29 is 19.1 Å². The average Bonchev–Trinajstić information content (AvgIpc) is 2.66. The molecule has 0 atom stereocenters. The number of carbonyl (C=O) groups is 2. The molecule has 1 aromatic rings. The van der Waals surface area contributed by atoms with E-state index in [9.17, 15) is 9.59 Å². The van der Waals surface area contributed by atoms with Gasteiger partial charge < -0.3 is 30.7 Å². The highest BCUT2D eigenvalue weighted by Crippen LogP contribution is 2.12. The van der Waals surface area contributed by atoms with E-state index in [0.717, 1.165) is 0 Å². The van der Waals surface area contributed by atoms with Crippen LogP contribution < -0.4 is 26.0 Å². The van der Waals surface area contributed by atoms with Crippen LogP contribution >= 0.6 is 0 Å². The minimum absolute atomic E-state index is 0.182. The lowest BCUT2D eigenvalue weighted by Crippen LogP contribution is -2.42. The van der Waals surface area contributed by atoms with Gasteiger partial charge in [0, 0.05) is 31.7 Å². The van der Waals surface area contributed by atoms with E-state index in [1.54, 1.807) is 31.4 Å². The number of hydrogen-bond acceptors (Lipinski definition) is 5. The monoisotopic (exact) mass is 407 g/mol. The van der Waals surface area contributed by atoms with Crippen LogP contribution in [0.3, 0.4) is 0 Å². The molecule has 1 rings (SSSR count). The molecule has 0 radical (unpaired) electrons. The van der Waals surface area contributed by atoms with Crippen molar-refractivity contribution in [3.63, 3.8) is 0 Å². The molecule has 0 aliphatic carbocycles. The molecule has 9 nitrogen and oxygen atoms in total. The fourth-order valence-electron chi connectivity index (χ4n) is 2.20. The van der Waals surface area contributed by atoms with E-state index in [1.807, 2.05) is 27.7 Å². The van der Waals surface area contributed by atoms with Gasteiger partial charge in [0.25, 0.3) is 5.91 Å². The second-order valence-corrected chi connectivity index (χ2v) is 7.10. The van der Waals surface area contributed by atoms with Gasteiger partial charge in [-0.25, -0.2) is 4.79 Å². The van der Waals surface area contributed by atoms with Crippen LogP contribution in [-0.4, -0.2) is 63.4 Å². The van der Waals surface area contributed by atoms with Gasteiger partial charge >= 0.3 is 6.09 Å². The Morgan fingerprint density at radius 1 is 1.03 bits per heavy atom. The second kappa shape index (κ2) is 12.5. The van der Waals surface area contributed by atoms with E-state index >= 15 is 0 Å². The van der Waals surface area contributed by atoms with E-state index < -0.39 is 11.7 Å². The van der Waals surface area contributed by atoms with Gasteiger partial charge in [0.15, 0.2) is 5.96 Å². The molecule has 0 heterocycles. The van der Waals surface area contributed by atoms with E-state index in [4.69, 9.17) is 9.47 Å². The fourth-order valence-corrected chi connectivity index (χ4v) is 2.20. The van der Waals surface area contributed by atoms with Gasteiger partial charge in [0.05, 0.1) is 13.7 Å². The molecule has 0 aliphatic heterocycles. The van der Waals surface area contributed by atoms with Gasteiger partial charge in [0.1, 0.15) is 11.4 Å². The highest BCUT2D eigenvalue weighted by atomic mass is 16.6. The second-order valence-electron chi connectivity index (χ2n) is 7.10. The highest BCUT2D eigenvalue weighted by Gasteiger charge is 2.15. The molecule has 2 amide bonds. The molecule has 0 fully saturated rings. The molecule has 0 aliphatic rings. The predicted octanol–water partition coefficient (Wildman–Crippen LogP) is 1.50. The molecular weight excluding hydrogens is 374 g/mol. The Kier molecular flexibility index (Phi) is 10.4. The van der Waals surface area contributed by atoms with Gasteiger partial charge in [-0.05, 0) is 45.9 Å². The Labute approximate surface area is 172 Å². The summed E-state index contributed by atoms with van der Waals surface area (Å²) in [5.74, 6) is 1.06. The summed E-state index contributed by atoms with van der Waals surface area (Å²) < 4.78 is 10.3. The van der Waals surface area contributed by atoms with Crippen molar-refractivity contribution in [3.8, 4) is 5.75 Å². The molecule has 0 bridgehead atoms. The number of guanidine groups is 1. The third-order valence-electron chi connectivity index (χ3n) is 3.43. The number of nitrogens with one attached hydrogen (secondary N) is 4. The maximum Gasteiger partial charge on any atom is 0.407 e. The Morgan fingerprint density at radius 2 is 1.76 bits per heavy atom. The summed E-state index contributed by atoms with van der Waals surface area (Å²) in [6.07, 6.45) is -0.457. The van der Waals surface area contributed by atoms with Crippen LogP contribution in [0.4, 0.5) is 4.79 Å². The summed E-state index contributed by atoms with van der Waals surface area (Å²) in [4.78, 5) is 28.2. The molecule has 162 valence electrons. The summed E-state index contributed by atoms with van der Waals surface area (Å²) >= 11 is 0. The van der Waals surface area contributed by atoms with Crippen LogP contribution in [0.5, 0.6) is 5.75 Å². The zero-order chi connectivity index (χ0) is 21.7. The number of nitrogens with zero attached hydrogens (tertiary/aromatic N) is 1. The SMILES string of the molecule is CCNC(=NCCNC(=O)c1cccc(OC)c1)NCCNC(=O)OC(C)(C)C. The Balaban J connectivity index is 2.36. The maximum absolute atomic E-state index is 12.2. The molecule has 4 N–H and O–H groups in total. The van der Waals surface area contributed by atoms with Gasteiger partial charge in [-0.2, -0.15) is 0 Å². The predicted molar refractivity (Wildman–Crippen MR) is 114 cm³/mol. The van der Waals surface area contributed by atoms with Gasteiger partial charge in [0.2, 0.25) is 0 Å². The summed E-state index contributed by atoms with van der Waals surface area (Å²) in [7, 11) is 1.56. The lowest BCUT2D eigenvalue weighted by atomic mass is 10.2. The van der Waals surface area contributed by atoms with Gasteiger partial charge in [-0.15, -0.1) is 0 Å². The number of alkyl carbamates (subject to hydrolysis) is 1. The summed E-state index contributed by atoms with van der Waals surface area (Å²) in [5, 5.41) is 11.7. The molecule has 0 saturated heterocycles. The quantitative estimate of drug-likeness (QED) is 0.280. The number of carbonyl (C=O) groups excluding carboxylic acids is 2. The molecule has 0 spiro atoms. The number of amides is 2. The lowest BCUT2D eigenvalue weighted by molar-refractivity contribution is 0.0528. The normalized spacial score (nSPS) is 11.4. The highest BCUT2D eigenvalue weighted by molar-refractivity contribution is 5.94. The molecule has 0 unspecified atom stereocenters. The minimum atomic E-state index is -0.525. The number of hydrogen-bond donors (Lipinski definition) is 4. The van der Waals surface area contributed by atoms with Crippen molar-refractivity contribution >= 4 is 18.0 Å². The number of methoxy groups -OCH3 is 1. The van der Waals surface area contributed by atoms with Crippen LogP contribution in [0, 0.1) is 0 Å². The molecule has 9 heteroatoms. The Morgan fingerprint density at radius 3 is 2.41 bits per heavy atom. The molecule has 1 aromatic carbocycles. The van der Waals surface area contributed by atoms with Crippen LogP contribution in [0.1, 0.15) is 38.1 Å². The van der Waals surface area contributed by atoms with Crippen molar-refractivity contribution in [2.75, 3.05) is 39.8 Å². The summed E-state index contributed by atoms with van der Waals surface area (Å²) in [6.45, 7) is 9.78. The maximum atomic E-state index is 12.2. The lowest BCUT2D eigenvalue weighted by Gasteiger charge is -2.19. The van der Waals surface area contributed by atoms with Crippen LogP contribution in [0.25, 0.3) is 0 Å². The number of benzene rings is 1. The van der Waals surface area contributed by atoms with Crippen LogP contribution in [-0.2, 0) is 4.74 Å². The summed E-state index contributed by atoms with van der Waals surface area (Å²) in [6, 6.07) is 6.96. The molecular formula is C20H33N5O4. The van der Waals surface area contributed by atoms with Gasteiger partial charge in [-0.3, -0.25) is 9.79 Å². The topological polar surface area (TPSA) is 113 Å². The first kappa shape index (κ1) is 24.1. The van der Waals surface area contributed by atoms with Crippen molar-refractivity contribution in [1.82, 2.24) is 21.3 Å². The minimum Gasteiger partial charge on any atom is -0.497 e. The molecule has 0 saturated carbocycles. The van der Waals surface area contributed by atoms with Gasteiger partial charge in [-0.1, -0.05) is 6.07 Å². The fraction of sp³-hybridized carbons (Fsp3) is 0.550. The van der Waals surface area contributed by atoms with Crippen molar-refractivity contribution in [1.29, 1.82) is 0 Å². The van der Waals surface area contributed by atoms with Crippen molar-refractivity contribution in [2.24, 2.45) is 4.99 Å². The van der Waals surface area contributed by atoms with Crippen LogP contribution in [0.2, 0.25) is 0 Å². The smallest absolute Gasteiger partial charge is 0.407 e. The first-order valence-corrected chi connectivity index (χ1v) is 9.66. The number of rotatable bonds is 9. The zero-order valence-electron chi connectivity index (χ0n) is 17.9. The zero-order valence-corrected chi connectivity index (χ0v) is 17.9. The van der Waals surface area contributed by atoms with E-state index in [1.165, 1.54) is 0 Å². The Hall–Kier alpha value is -2.97. The number of aliphatic imine (C=N–C) groups is 1. The largest absolute Gasteiger partial charge is 0.497 e. The molecule has 0 aromatic heterocycles. The Bertz CT molecular complexity index is 686. The van der Waals surface area contributed by atoms with Crippen molar-refractivity contribution in [2.45, 2.75) is 33.3 Å².